The minimum Gasteiger partial charge on any atom is -0.490 e. The van der Waals surface area contributed by atoms with E-state index in [-0.39, 0.29) is 0 Å². The first-order valence-corrected chi connectivity index (χ1v) is 7.25. The molecule has 0 aromatic heterocycles. The molecule has 0 spiro atoms. The van der Waals surface area contributed by atoms with Crippen molar-refractivity contribution >= 4 is 16.7 Å². The quantitative estimate of drug-likeness (QED) is 0.905. The number of rotatable bonds is 4. The predicted octanol–water partition coefficient (Wildman–Crippen LogP) is 3.28. The normalized spacial score (nSPS) is 17.0. The Labute approximate surface area is 123 Å². The number of carboxylic acid groups (broad SMARTS) is 1. The zero-order valence-electron chi connectivity index (χ0n) is 11.7. The molecule has 1 atom stereocenters. The molecule has 110 valence electrons. The fraction of sp³-hybridized carbons (Fsp3) is 0.353. The number of benzene rings is 2. The van der Waals surface area contributed by atoms with Crippen LogP contribution in [-0.2, 0) is 4.79 Å². The van der Waals surface area contributed by atoms with E-state index in [0.29, 0.717) is 11.7 Å². The van der Waals surface area contributed by atoms with Gasteiger partial charge in [-0.1, -0.05) is 18.2 Å². The largest absolute Gasteiger partial charge is 0.490 e. The lowest BCUT2D eigenvalue weighted by Crippen LogP contribution is -2.11. The fourth-order valence-electron chi connectivity index (χ4n) is 2.83. The van der Waals surface area contributed by atoms with Gasteiger partial charge in [-0.05, 0) is 60.2 Å². The van der Waals surface area contributed by atoms with Crippen LogP contribution in [0.5, 0.6) is 5.75 Å². The lowest BCUT2D eigenvalue weighted by molar-refractivity contribution is -0.146. The molecule has 0 amide bonds. The molecule has 1 saturated carbocycles. The summed E-state index contributed by atoms with van der Waals surface area (Å²) in [5.74, 6) is -0.392. The minimum atomic E-state index is -1.48. The third-order valence-corrected chi connectivity index (χ3v) is 3.99. The second kappa shape index (κ2) is 5.74. The maximum absolute atomic E-state index is 10.8. The molecule has 0 saturated heterocycles. The Kier molecular flexibility index (Phi) is 3.80. The van der Waals surface area contributed by atoms with Gasteiger partial charge < -0.3 is 14.9 Å². The van der Waals surface area contributed by atoms with Crippen molar-refractivity contribution in [1.29, 1.82) is 0 Å². The maximum Gasteiger partial charge on any atom is 0.337 e. The SMILES string of the molecule is O=C(O)C(O)c1ccc2cc(OC3CCCC3)ccc2c1. The van der Waals surface area contributed by atoms with E-state index < -0.39 is 12.1 Å². The first-order valence-electron chi connectivity index (χ1n) is 7.25. The molecule has 0 aliphatic heterocycles. The minimum absolute atomic E-state index is 0.315. The zero-order chi connectivity index (χ0) is 14.8. The van der Waals surface area contributed by atoms with E-state index in [1.165, 1.54) is 12.8 Å². The summed E-state index contributed by atoms with van der Waals surface area (Å²) in [4.78, 5) is 10.8. The summed E-state index contributed by atoms with van der Waals surface area (Å²) < 4.78 is 5.96. The van der Waals surface area contributed by atoms with Crippen LogP contribution in [0, 0.1) is 0 Å². The van der Waals surface area contributed by atoms with Crippen LogP contribution in [0.3, 0.4) is 0 Å². The van der Waals surface area contributed by atoms with E-state index in [0.717, 1.165) is 29.4 Å². The number of aliphatic carboxylic acids is 1. The van der Waals surface area contributed by atoms with Crippen molar-refractivity contribution in [3.8, 4) is 5.75 Å². The molecule has 1 fully saturated rings. The molecule has 3 rings (SSSR count). The smallest absolute Gasteiger partial charge is 0.337 e. The van der Waals surface area contributed by atoms with Crippen molar-refractivity contribution in [1.82, 2.24) is 0 Å². The second-order valence-electron chi connectivity index (χ2n) is 5.53. The van der Waals surface area contributed by atoms with Gasteiger partial charge >= 0.3 is 5.97 Å². The Hall–Kier alpha value is -2.07. The second-order valence-corrected chi connectivity index (χ2v) is 5.53. The Bertz CT molecular complexity index is 659. The molecule has 1 unspecified atom stereocenters. The summed E-state index contributed by atoms with van der Waals surface area (Å²) in [6, 6.07) is 10.9. The van der Waals surface area contributed by atoms with Crippen LogP contribution in [0.2, 0.25) is 0 Å². The molecule has 4 nitrogen and oxygen atoms in total. The molecule has 1 aliphatic carbocycles. The number of hydrogen-bond donors (Lipinski definition) is 2. The number of carboxylic acids is 1. The topological polar surface area (TPSA) is 66.8 Å². The van der Waals surface area contributed by atoms with Crippen molar-refractivity contribution < 1.29 is 19.7 Å². The van der Waals surface area contributed by atoms with Crippen LogP contribution in [0.25, 0.3) is 10.8 Å². The molecule has 0 heterocycles. The van der Waals surface area contributed by atoms with Gasteiger partial charge in [-0.2, -0.15) is 0 Å². The maximum atomic E-state index is 10.8. The van der Waals surface area contributed by atoms with Crippen LogP contribution in [0.15, 0.2) is 36.4 Å². The predicted molar refractivity (Wildman–Crippen MR) is 79.4 cm³/mol. The third kappa shape index (κ3) is 3.00. The van der Waals surface area contributed by atoms with Crippen molar-refractivity contribution in [3.05, 3.63) is 42.0 Å². The van der Waals surface area contributed by atoms with Crippen LogP contribution in [0.4, 0.5) is 0 Å². The Morgan fingerprint density at radius 3 is 2.48 bits per heavy atom. The summed E-state index contributed by atoms with van der Waals surface area (Å²) in [6.45, 7) is 0. The number of aliphatic hydroxyl groups excluding tert-OH is 1. The monoisotopic (exact) mass is 286 g/mol. The number of ether oxygens (including phenoxy) is 1. The standard InChI is InChI=1S/C17H18O4/c18-16(17(19)20)13-6-5-12-10-15(8-7-11(12)9-13)21-14-3-1-2-4-14/h5-10,14,16,18H,1-4H2,(H,19,20). The molecule has 2 N–H and O–H groups in total. The highest BCUT2D eigenvalue weighted by Gasteiger charge is 2.17. The van der Waals surface area contributed by atoms with Gasteiger partial charge in [0.1, 0.15) is 5.75 Å². The summed E-state index contributed by atoms with van der Waals surface area (Å²) in [5.41, 5.74) is 0.388. The molecule has 1 aliphatic rings. The molecule has 21 heavy (non-hydrogen) atoms. The summed E-state index contributed by atoms with van der Waals surface area (Å²) >= 11 is 0. The van der Waals surface area contributed by atoms with E-state index in [2.05, 4.69) is 0 Å². The van der Waals surface area contributed by atoms with E-state index >= 15 is 0 Å². The Morgan fingerprint density at radius 1 is 1.10 bits per heavy atom. The van der Waals surface area contributed by atoms with Gasteiger partial charge in [0.25, 0.3) is 0 Å². The van der Waals surface area contributed by atoms with Crippen LogP contribution in [-0.4, -0.2) is 22.3 Å². The first kappa shape index (κ1) is 13.9. The highest BCUT2D eigenvalue weighted by molar-refractivity contribution is 5.86. The van der Waals surface area contributed by atoms with Gasteiger partial charge in [0.2, 0.25) is 0 Å². The van der Waals surface area contributed by atoms with Crippen LogP contribution in [0.1, 0.15) is 37.4 Å². The van der Waals surface area contributed by atoms with Crippen molar-refractivity contribution in [2.45, 2.75) is 37.9 Å². The molecule has 2 aromatic carbocycles. The van der Waals surface area contributed by atoms with Gasteiger partial charge in [-0.25, -0.2) is 4.79 Å². The van der Waals surface area contributed by atoms with Crippen molar-refractivity contribution in [2.24, 2.45) is 0 Å². The number of carbonyl (C=O) groups is 1. The number of fused-ring (bicyclic) bond motifs is 1. The van der Waals surface area contributed by atoms with Crippen LogP contribution >= 0.6 is 0 Å². The lowest BCUT2D eigenvalue weighted by atomic mass is 10.0. The molecular weight excluding hydrogens is 268 g/mol. The first-order chi connectivity index (χ1) is 10.1. The molecule has 0 radical (unpaired) electrons. The van der Waals surface area contributed by atoms with Crippen molar-refractivity contribution in [2.75, 3.05) is 0 Å². The molecule has 4 heteroatoms. The molecule has 0 bridgehead atoms. The summed E-state index contributed by atoms with van der Waals surface area (Å²) in [6.07, 6.45) is 3.52. The third-order valence-electron chi connectivity index (χ3n) is 3.99. The van der Waals surface area contributed by atoms with Crippen molar-refractivity contribution in [3.63, 3.8) is 0 Å². The Morgan fingerprint density at radius 2 is 1.76 bits per heavy atom. The van der Waals surface area contributed by atoms with Crippen LogP contribution < -0.4 is 4.74 Å². The number of hydrogen-bond acceptors (Lipinski definition) is 3. The summed E-state index contributed by atoms with van der Waals surface area (Å²) in [7, 11) is 0. The average Bonchev–Trinajstić information content (AvgIpc) is 2.98. The Balaban J connectivity index is 1.85. The molecule has 2 aromatic rings. The molecular formula is C17H18O4. The van der Waals surface area contributed by atoms with E-state index in [9.17, 15) is 9.90 Å². The summed E-state index contributed by atoms with van der Waals surface area (Å²) in [5, 5.41) is 20.3. The zero-order valence-corrected chi connectivity index (χ0v) is 11.7. The average molecular weight is 286 g/mol. The van der Waals surface area contributed by atoms with Gasteiger partial charge in [0.05, 0.1) is 6.10 Å². The van der Waals surface area contributed by atoms with Gasteiger partial charge in [-0.3, -0.25) is 0 Å². The van der Waals surface area contributed by atoms with E-state index in [1.807, 2.05) is 24.3 Å². The van der Waals surface area contributed by atoms with E-state index in [1.54, 1.807) is 12.1 Å². The lowest BCUT2D eigenvalue weighted by Gasteiger charge is -2.14. The fourth-order valence-corrected chi connectivity index (χ4v) is 2.83. The highest BCUT2D eigenvalue weighted by Crippen LogP contribution is 2.28. The van der Waals surface area contributed by atoms with Gasteiger partial charge in [0, 0.05) is 0 Å². The number of aliphatic hydroxyl groups is 1. The van der Waals surface area contributed by atoms with Gasteiger partial charge in [0.15, 0.2) is 6.10 Å². The van der Waals surface area contributed by atoms with E-state index in [4.69, 9.17) is 9.84 Å². The highest BCUT2D eigenvalue weighted by atomic mass is 16.5. The van der Waals surface area contributed by atoms with Gasteiger partial charge in [-0.15, -0.1) is 0 Å².